The Morgan fingerprint density at radius 2 is 2.08 bits per heavy atom. The number of halogens is 2. The zero-order valence-corrected chi connectivity index (χ0v) is 13.8. The summed E-state index contributed by atoms with van der Waals surface area (Å²) in [6.45, 7) is 0.256. The average molecular weight is 364 g/mol. The van der Waals surface area contributed by atoms with Crippen LogP contribution in [0.25, 0.3) is 11.6 Å². The van der Waals surface area contributed by atoms with E-state index in [1.807, 2.05) is 0 Å². The lowest BCUT2D eigenvalue weighted by Gasteiger charge is -2.08. The van der Waals surface area contributed by atoms with E-state index in [1.54, 1.807) is 16.7 Å². The van der Waals surface area contributed by atoms with Gasteiger partial charge in [0, 0.05) is 24.3 Å². The van der Waals surface area contributed by atoms with Crippen LogP contribution in [0.1, 0.15) is 12.0 Å². The fourth-order valence-electron chi connectivity index (χ4n) is 2.21. The molecule has 3 aromatic rings. The van der Waals surface area contributed by atoms with Gasteiger partial charge in [-0.05, 0) is 18.2 Å². The van der Waals surface area contributed by atoms with Crippen molar-refractivity contribution in [3.63, 3.8) is 0 Å². The smallest absolute Gasteiger partial charge is 0.219 e. The molecular weight excluding hydrogens is 350 g/mol. The largest absolute Gasteiger partial charge is 0.461 e. The van der Waals surface area contributed by atoms with Crippen LogP contribution >= 0.6 is 11.8 Å². The molecule has 6 nitrogen and oxygen atoms in total. The number of nitrogens with zero attached hydrogens (tertiary/aromatic N) is 3. The maximum Gasteiger partial charge on any atom is 0.219 e. The number of aromatic nitrogens is 3. The number of rotatable bonds is 7. The number of benzene rings is 1. The molecule has 25 heavy (non-hydrogen) atoms. The highest BCUT2D eigenvalue weighted by Crippen LogP contribution is 2.28. The van der Waals surface area contributed by atoms with Gasteiger partial charge >= 0.3 is 0 Å². The third kappa shape index (κ3) is 3.87. The second-order valence-electron chi connectivity index (χ2n) is 5.15. The van der Waals surface area contributed by atoms with E-state index >= 15 is 0 Å². The first-order valence-electron chi connectivity index (χ1n) is 7.37. The van der Waals surface area contributed by atoms with E-state index in [2.05, 4.69) is 10.2 Å². The van der Waals surface area contributed by atoms with Crippen molar-refractivity contribution in [2.45, 2.75) is 23.9 Å². The fraction of sp³-hybridized carbons (Fsp3) is 0.188. The summed E-state index contributed by atoms with van der Waals surface area (Å²) >= 11 is 1.18. The summed E-state index contributed by atoms with van der Waals surface area (Å²) in [5, 5.41) is 8.59. The molecular formula is C16H14F2N4O2S. The highest BCUT2D eigenvalue weighted by Gasteiger charge is 2.18. The molecule has 9 heteroatoms. The number of nitrogens with two attached hydrogens (primary N) is 1. The van der Waals surface area contributed by atoms with Crippen molar-refractivity contribution in [1.29, 1.82) is 0 Å². The van der Waals surface area contributed by atoms with E-state index in [0.717, 1.165) is 6.07 Å². The van der Waals surface area contributed by atoms with Crippen LogP contribution in [0.5, 0.6) is 0 Å². The van der Waals surface area contributed by atoms with E-state index in [4.69, 9.17) is 10.2 Å². The van der Waals surface area contributed by atoms with Gasteiger partial charge in [0.05, 0.1) is 6.26 Å². The fourth-order valence-corrected chi connectivity index (χ4v) is 3.15. The summed E-state index contributed by atoms with van der Waals surface area (Å²) in [5.41, 5.74) is 5.43. The Morgan fingerprint density at radius 1 is 1.24 bits per heavy atom. The zero-order valence-electron chi connectivity index (χ0n) is 13.0. The number of primary amides is 1. The topological polar surface area (TPSA) is 86.9 Å². The predicted octanol–water partition coefficient (Wildman–Crippen LogP) is 2.98. The second-order valence-corrected chi connectivity index (χ2v) is 6.10. The van der Waals surface area contributed by atoms with E-state index < -0.39 is 17.5 Å². The van der Waals surface area contributed by atoms with Gasteiger partial charge in [-0.3, -0.25) is 9.36 Å². The van der Waals surface area contributed by atoms with Gasteiger partial charge in [-0.25, -0.2) is 8.78 Å². The van der Waals surface area contributed by atoms with Crippen LogP contribution in [-0.4, -0.2) is 20.7 Å². The van der Waals surface area contributed by atoms with Crippen LogP contribution in [0.3, 0.4) is 0 Å². The Bertz CT molecular complexity index is 880. The van der Waals surface area contributed by atoms with Gasteiger partial charge in [-0.1, -0.05) is 23.9 Å². The van der Waals surface area contributed by atoms with Crippen molar-refractivity contribution in [3.8, 4) is 11.6 Å². The monoisotopic (exact) mass is 364 g/mol. The number of amides is 1. The summed E-state index contributed by atoms with van der Waals surface area (Å²) < 4.78 is 34.1. The quantitative estimate of drug-likeness (QED) is 0.651. The molecule has 0 saturated carbocycles. The molecule has 2 heterocycles. The summed E-state index contributed by atoms with van der Waals surface area (Å²) in [6, 6.07) is 7.43. The summed E-state index contributed by atoms with van der Waals surface area (Å²) in [6.07, 6.45) is 1.59. The average Bonchev–Trinajstić information content (AvgIpc) is 3.23. The molecule has 2 aromatic heterocycles. The Labute approximate surface area is 146 Å². The van der Waals surface area contributed by atoms with E-state index in [0.29, 0.717) is 16.7 Å². The van der Waals surface area contributed by atoms with Crippen molar-refractivity contribution in [3.05, 3.63) is 53.8 Å². The predicted molar refractivity (Wildman–Crippen MR) is 87.5 cm³/mol. The molecule has 0 aliphatic carbocycles. The maximum absolute atomic E-state index is 13.8. The van der Waals surface area contributed by atoms with E-state index in [1.165, 1.54) is 30.2 Å². The van der Waals surface area contributed by atoms with Gasteiger partial charge < -0.3 is 10.2 Å². The first-order valence-corrected chi connectivity index (χ1v) is 8.36. The van der Waals surface area contributed by atoms with Crippen molar-refractivity contribution in [1.82, 2.24) is 14.8 Å². The summed E-state index contributed by atoms with van der Waals surface area (Å²) in [7, 11) is 0. The summed E-state index contributed by atoms with van der Waals surface area (Å²) in [5.74, 6) is -1.16. The molecule has 0 spiro atoms. The highest BCUT2D eigenvalue weighted by atomic mass is 32.2. The zero-order chi connectivity index (χ0) is 17.8. The van der Waals surface area contributed by atoms with Crippen LogP contribution in [0.2, 0.25) is 0 Å². The number of carbonyl (C=O) groups is 1. The van der Waals surface area contributed by atoms with E-state index in [-0.39, 0.29) is 24.3 Å². The molecule has 0 atom stereocenters. The Morgan fingerprint density at radius 3 is 2.80 bits per heavy atom. The number of carbonyl (C=O) groups excluding carboxylic acids is 1. The van der Waals surface area contributed by atoms with Crippen LogP contribution < -0.4 is 5.73 Å². The SMILES string of the molecule is NC(=O)CCn1c(SCc2cccc(F)c2F)nnc1-c1ccco1. The molecule has 3 rings (SSSR count). The lowest BCUT2D eigenvalue weighted by molar-refractivity contribution is -0.118. The lowest BCUT2D eigenvalue weighted by atomic mass is 10.2. The Balaban J connectivity index is 1.85. The molecule has 0 radical (unpaired) electrons. The van der Waals surface area contributed by atoms with Gasteiger partial charge in [-0.2, -0.15) is 0 Å². The van der Waals surface area contributed by atoms with Gasteiger partial charge in [0.25, 0.3) is 0 Å². The first kappa shape index (κ1) is 17.2. The van der Waals surface area contributed by atoms with Gasteiger partial charge in [0.1, 0.15) is 0 Å². The normalized spacial score (nSPS) is 11.0. The van der Waals surface area contributed by atoms with Crippen LogP contribution in [0, 0.1) is 11.6 Å². The Hall–Kier alpha value is -2.68. The number of hydrogen-bond acceptors (Lipinski definition) is 5. The third-order valence-electron chi connectivity index (χ3n) is 3.43. The van der Waals surface area contributed by atoms with E-state index in [9.17, 15) is 13.6 Å². The molecule has 0 fully saturated rings. The summed E-state index contributed by atoms with van der Waals surface area (Å²) in [4.78, 5) is 11.1. The molecule has 0 bridgehead atoms. The van der Waals surface area contributed by atoms with Crippen LogP contribution in [-0.2, 0) is 17.1 Å². The molecule has 1 amide bonds. The maximum atomic E-state index is 13.8. The van der Waals surface area contributed by atoms with Crippen molar-refractivity contribution in [2.24, 2.45) is 5.73 Å². The molecule has 0 saturated heterocycles. The standard InChI is InChI=1S/C16H14F2N4O2S/c17-11-4-1-3-10(14(11)18)9-25-16-21-20-15(12-5-2-8-24-12)22(16)7-6-13(19)23/h1-5,8H,6-7,9H2,(H2,19,23). The molecule has 0 unspecified atom stereocenters. The minimum Gasteiger partial charge on any atom is -0.461 e. The minimum absolute atomic E-state index is 0.0909. The number of hydrogen-bond donors (Lipinski definition) is 1. The molecule has 2 N–H and O–H groups in total. The first-order chi connectivity index (χ1) is 12.1. The third-order valence-corrected chi connectivity index (χ3v) is 4.44. The van der Waals surface area contributed by atoms with Gasteiger partial charge in [0.15, 0.2) is 28.4 Å². The number of furan rings is 1. The lowest BCUT2D eigenvalue weighted by Crippen LogP contribution is -2.15. The molecule has 0 aliphatic heterocycles. The van der Waals surface area contributed by atoms with Gasteiger partial charge in [-0.15, -0.1) is 10.2 Å². The van der Waals surface area contributed by atoms with Crippen LogP contribution in [0.15, 0.2) is 46.2 Å². The highest BCUT2D eigenvalue weighted by molar-refractivity contribution is 7.98. The second kappa shape index (κ2) is 7.47. The van der Waals surface area contributed by atoms with Gasteiger partial charge in [0.2, 0.25) is 5.91 Å². The number of thioether (sulfide) groups is 1. The molecule has 0 aliphatic rings. The Kier molecular flexibility index (Phi) is 5.13. The van der Waals surface area contributed by atoms with Crippen molar-refractivity contribution < 1.29 is 18.0 Å². The molecule has 130 valence electrons. The van der Waals surface area contributed by atoms with Crippen LogP contribution in [0.4, 0.5) is 8.78 Å². The van der Waals surface area contributed by atoms with Crippen molar-refractivity contribution in [2.75, 3.05) is 0 Å². The van der Waals surface area contributed by atoms with Crippen molar-refractivity contribution >= 4 is 17.7 Å². The molecule has 1 aromatic carbocycles. The minimum atomic E-state index is -0.899.